The Balaban J connectivity index is 1.44. The van der Waals surface area contributed by atoms with Gasteiger partial charge in [0.2, 0.25) is 0 Å². The highest BCUT2D eigenvalue weighted by Crippen LogP contribution is 2.28. The molecule has 0 bridgehead atoms. The maximum atomic E-state index is 14.8. The van der Waals surface area contributed by atoms with Crippen molar-refractivity contribution in [2.45, 2.75) is 45.3 Å². The van der Waals surface area contributed by atoms with Gasteiger partial charge in [-0.25, -0.2) is 23.2 Å². The number of alkyl carbamates (subject to hydrolysis) is 1. The van der Waals surface area contributed by atoms with Crippen LogP contribution >= 0.6 is 0 Å². The van der Waals surface area contributed by atoms with Crippen molar-refractivity contribution in [1.82, 2.24) is 35.5 Å². The number of carbonyl (C=O) groups is 2. The van der Waals surface area contributed by atoms with Gasteiger partial charge in [-0.15, -0.1) is 5.10 Å². The number of carbonyl (C=O) groups excluding carboxylic acids is 1. The Labute approximate surface area is 221 Å². The second kappa shape index (κ2) is 11.2. The average molecular weight is 542 g/mol. The normalized spacial score (nSPS) is 12.1. The van der Waals surface area contributed by atoms with Gasteiger partial charge in [0.15, 0.2) is 17.4 Å². The zero-order valence-electron chi connectivity index (χ0n) is 21.2. The number of benzene rings is 1. The molecule has 1 unspecified atom stereocenters. The number of rotatable bonds is 9. The van der Waals surface area contributed by atoms with Gasteiger partial charge in [-0.3, -0.25) is 9.89 Å². The molecule has 0 aliphatic carbocycles. The number of carboxylic acids is 1. The van der Waals surface area contributed by atoms with Gasteiger partial charge in [0.1, 0.15) is 5.60 Å². The Hall–Kier alpha value is -4.88. The van der Waals surface area contributed by atoms with E-state index < -0.39 is 41.2 Å². The number of aromatic nitrogens is 6. The third-order valence-electron chi connectivity index (χ3n) is 5.14. The molecule has 0 saturated heterocycles. The van der Waals surface area contributed by atoms with Gasteiger partial charge in [0, 0.05) is 36.5 Å². The number of hydrogen-bond acceptors (Lipinski definition) is 8. The quantitative estimate of drug-likeness (QED) is 0.284. The van der Waals surface area contributed by atoms with Crippen LogP contribution in [0.2, 0.25) is 0 Å². The number of ether oxygens (including phenoxy) is 2. The van der Waals surface area contributed by atoms with Gasteiger partial charge >= 0.3 is 12.1 Å². The van der Waals surface area contributed by atoms with Gasteiger partial charge in [0.05, 0.1) is 29.7 Å². The fourth-order valence-corrected chi connectivity index (χ4v) is 3.51. The van der Waals surface area contributed by atoms with Gasteiger partial charge in [0.25, 0.3) is 5.88 Å². The zero-order chi connectivity index (χ0) is 28.2. The minimum Gasteiger partial charge on any atom is -0.481 e. The van der Waals surface area contributed by atoms with Crippen LogP contribution < -0.4 is 10.1 Å². The highest BCUT2D eigenvalue weighted by Gasteiger charge is 2.23. The lowest BCUT2D eigenvalue weighted by molar-refractivity contribution is -0.137. The van der Waals surface area contributed by atoms with Gasteiger partial charge in [-0.1, -0.05) is 5.21 Å². The SMILES string of the molecule is CC(C)(C)OC(=O)NC(CC(=O)O)Cc1cn(-c2ccc(Oc3ncc(-c4ccn[nH]4)cc3F)c(F)c2)nn1. The fourth-order valence-electron chi connectivity index (χ4n) is 3.51. The summed E-state index contributed by atoms with van der Waals surface area (Å²) in [6.45, 7) is 5.06. The van der Waals surface area contributed by atoms with E-state index in [4.69, 9.17) is 9.47 Å². The number of amides is 1. The topological polar surface area (TPSA) is 157 Å². The number of aliphatic carboxylic acids is 1. The van der Waals surface area contributed by atoms with E-state index in [0.29, 0.717) is 17.0 Å². The van der Waals surface area contributed by atoms with Crippen molar-refractivity contribution < 1.29 is 33.0 Å². The maximum Gasteiger partial charge on any atom is 0.407 e. The minimum absolute atomic E-state index is 0.0364. The molecular weight excluding hydrogens is 516 g/mol. The first-order chi connectivity index (χ1) is 18.5. The zero-order valence-corrected chi connectivity index (χ0v) is 21.2. The fraction of sp³-hybridized carbons (Fsp3) is 0.280. The molecule has 0 radical (unpaired) electrons. The number of hydrogen-bond donors (Lipinski definition) is 3. The second-order valence-corrected chi connectivity index (χ2v) is 9.50. The Morgan fingerprint density at radius 1 is 1.18 bits per heavy atom. The number of H-pyrrole nitrogens is 1. The predicted octanol–water partition coefficient (Wildman–Crippen LogP) is 4.03. The lowest BCUT2D eigenvalue weighted by atomic mass is 10.1. The summed E-state index contributed by atoms with van der Waals surface area (Å²) in [5.74, 6) is -3.39. The van der Waals surface area contributed by atoms with Gasteiger partial charge in [-0.2, -0.15) is 5.10 Å². The summed E-state index contributed by atoms with van der Waals surface area (Å²) in [7, 11) is 0. The Morgan fingerprint density at radius 3 is 2.62 bits per heavy atom. The third-order valence-corrected chi connectivity index (χ3v) is 5.14. The highest BCUT2D eigenvalue weighted by atomic mass is 19.1. The molecule has 204 valence electrons. The van der Waals surface area contributed by atoms with Crippen LogP contribution in [0, 0.1) is 11.6 Å². The molecule has 0 spiro atoms. The number of nitrogens with zero attached hydrogens (tertiary/aromatic N) is 5. The molecule has 3 N–H and O–H groups in total. The van der Waals surface area contributed by atoms with Crippen LogP contribution in [0.3, 0.4) is 0 Å². The van der Waals surface area contributed by atoms with E-state index >= 15 is 0 Å². The average Bonchev–Trinajstić information content (AvgIpc) is 3.52. The molecule has 0 fully saturated rings. The molecule has 39 heavy (non-hydrogen) atoms. The van der Waals surface area contributed by atoms with E-state index in [1.54, 1.807) is 26.8 Å². The van der Waals surface area contributed by atoms with E-state index in [-0.39, 0.29) is 24.3 Å². The standard InChI is InChI=1S/C25H25F2N7O5/c1-25(2,3)39-24(37)30-15(10-22(35)36)9-16-13-34(33-31-16)17-4-5-21(18(26)11-17)38-23-19(27)8-14(12-28-23)20-6-7-29-32-20/h4-8,11-13,15H,9-10H2,1-3H3,(H,29,32)(H,30,37)(H,35,36). The molecule has 3 heterocycles. The molecule has 0 aliphatic heterocycles. The van der Waals surface area contributed by atoms with E-state index in [1.807, 2.05) is 0 Å². The summed E-state index contributed by atoms with van der Waals surface area (Å²) in [6.07, 6.45) is 3.25. The van der Waals surface area contributed by atoms with E-state index in [0.717, 1.165) is 6.07 Å². The smallest absolute Gasteiger partial charge is 0.407 e. The van der Waals surface area contributed by atoms with Crippen molar-refractivity contribution in [1.29, 1.82) is 0 Å². The van der Waals surface area contributed by atoms with E-state index in [1.165, 1.54) is 41.5 Å². The molecule has 0 aliphatic rings. The van der Waals surface area contributed by atoms with Crippen LogP contribution in [0.15, 0.2) is 48.9 Å². The predicted molar refractivity (Wildman–Crippen MR) is 132 cm³/mol. The second-order valence-electron chi connectivity index (χ2n) is 9.50. The van der Waals surface area contributed by atoms with Crippen LogP contribution in [0.25, 0.3) is 16.9 Å². The first-order valence-corrected chi connectivity index (χ1v) is 11.7. The van der Waals surface area contributed by atoms with E-state index in [2.05, 4.69) is 30.8 Å². The van der Waals surface area contributed by atoms with Crippen LogP contribution in [-0.4, -0.2) is 59.0 Å². The van der Waals surface area contributed by atoms with Crippen molar-refractivity contribution in [3.8, 4) is 28.6 Å². The van der Waals surface area contributed by atoms with Crippen molar-refractivity contribution in [2.24, 2.45) is 0 Å². The summed E-state index contributed by atoms with van der Waals surface area (Å²) < 4.78 is 41.1. The molecular formula is C25H25F2N7O5. The monoisotopic (exact) mass is 541 g/mol. The van der Waals surface area contributed by atoms with Crippen LogP contribution in [-0.2, 0) is 16.0 Å². The van der Waals surface area contributed by atoms with Crippen molar-refractivity contribution in [2.75, 3.05) is 0 Å². The van der Waals surface area contributed by atoms with Gasteiger partial charge < -0.3 is 19.9 Å². The third kappa shape index (κ3) is 7.34. The number of nitrogens with one attached hydrogen (secondary N) is 2. The molecule has 4 aromatic rings. The molecule has 1 atom stereocenters. The minimum atomic E-state index is -1.12. The molecule has 14 heteroatoms. The van der Waals surface area contributed by atoms with Crippen molar-refractivity contribution in [3.05, 3.63) is 66.3 Å². The Morgan fingerprint density at radius 2 is 1.97 bits per heavy atom. The summed E-state index contributed by atoms with van der Waals surface area (Å²) >= 11 is 0. The van der Waals surface area contributed by atoms with Crippen LogP contribution in [0.4, 0.5) is 13.6 Å². The van der Waals surface area contributed by atoms with Crippen LogP contribution in [0.1, 0.15) is 32.9 Å². The Kier molecular flexibility index (Phi) is 7.83. The molecule has 0 saturated carbocycles. The molecule has 4 rings (SSSR count). The van der Waals surface area contributed by atoms with Gasteiger partial charge in [-0.05, 0) is 45.0 Å². The molecule has 1 aromatic carbocycles. The largest absolute Gasteiger partial charge is 0.481 e. The first kappa shape index (κ1) is 27.2. The maximum absolute atomic E-state index is 14.8. The summed E-state index contributed by atoms with van der Waals surface area (Å²) in [5, 5.41) is 26.2. The molecule has 1 amide bonds. The summed E-state index contributed by atoms with van der Waals surface area (Å²) in [6, 6.07) is 5.88. The summed E-state index contributed by atoms with van der Waals surface area (Å²) in [4.78, 5) is 27.3. The Bertz CT molecular complexity index is 1470. The van der Waals surface area contributed by atoms with E-state index in [9.17, 15) is 23.5 Å². The first-order valence-electron chi connectivity index (χ1n) is 11.7. The summed E-state index contributed by atoms with van der Waals surface area (Å²) in [5.41, 5.74) is 0.873. The number of aromatic amines is 1. The highest BCUT2D eigenvalue weighted by molar-refractivity contribution is 5.71. The number of pyridine rings is 1. The number of carboxylic acid groups (broad SMARTS) is 1. The van der Waals surface area contributed by atoms with Crippen LogP contribution in [0.5, 0.6) is 11.6 Å². The lowest BCUT2D eigenvalue weighted by Gasteiger charge is -2.22. The van der Waals surface area contributed by atoms with Crippen molar-refractivity contribution in [3.63, 3.8) is 0 Å². The lowest BCUT2D eigenvalue weighted by Crippen LogP contribution is -2.41. The molecule has 3 aromatic heterocycles. The molecule has 12 nitrogen and oxygen atoms in total. The van der Waals surface area contributed by atoms with Crippen molar-refractivity contribution >= 4 is 12.1 Å². The number of halogens is 2.